The molecule has 0 N–H and O–H groups in total. The van der Waals surface area contributed by atoms with Gasteiger partial charge in [0.15, 0.2) is 0 Å². The molecule has 0 unspecified atom stereocenters. The molecule has 0 atom stereocenters. The van der Waals surface area contributed by atoms with Gasteiger partial charge in [-0.15, -0.1) is 0 Å². The molecular formula is H2AlCl4Fe. The van der Waals surface area contributed by atoms with Gasteiger partial charge < -0.3 is 0 Å². The van der Waals surface area contributed by atoms with Crippen LogP contribution >= 0.6 is 40.3 Å². The molecule has 0 rings (SSSR count). The molecule has 41 valence electrons. The molecule has 0 saturated carbocycles. The zero-order valence-corrected chi connectivity index (χ0v) is 8.99. The van der Waals surface area contributed by atoms with E-state index in [9.17, 15) is 0 Å². The molecule has 0 bridgehead atoms. The molecule has 0 saturated heterocycles. The van der Waals surface area contributed by atoms with Crippen LogP contribution in [0, 0.1) is 0 Å². The molecule has 0 aromatic heterocycles. The molecule has 6 heteroatoms. The van der Waals surface area contributed by atoms with E-state index in [0.29, 0.717) is 0 Å². The first-order chi connectivity index (χ1) is 2.73. The Kier molecular flexibility index (Phi) is 18.9. The summed E-state index contributed by atoms with van der Waals surface area (Å²) < 4.78 is 0. The molecule has 0 radical (unpaired) electrons. The van der Waals surface area contributed by atoms with E-state index in [1.165, 1.54) is 0 Å². The average Bonchev–Trinajstić information content (AvgIpc) is 1.41. The van der Waals surface area contributed by atoms with Crippen molar-refractivity contribution in [1.82, 2.24) is 0 Å². The Morgan fingerprint density at radius 3 is 1.00 bits per heavy atom. The molecule has 0 heterocycles. The number of hydrogen-bond donors (Lipinski definition) is 0. The molecule has 0 aliphatic heterocycles. The molecule has 0 nitrogen and oxygen atoms in total. The Morgan fingerprint density at radius 2 is 1.00 bits per heavy atom. The molecule has 6 heavy (non-hydrogen) atoms. The topological polar surface area (TPSA) is 0 Å². The van der Waals surface area contributed by atoms with Crippen LogP contribution in [0.4, 0.5) is 0 Å². The molecule has 0 aliphatic carbocycles. The van der Waals surface area contributed by atoms with Crippen molar-refractivity contribution in [3.05, 3.63) is 0 Å². The van der Waals surface area contributed by atoms with Crippen LogP contribution in [0.2, 0.25) is 0 Å². The fourth-order valence-electron chi connectivity index (χ4n) is 0. The van der Waals surface area contributed by atoms with Crippen LogP contribution in [0.1, 0.15) is 0 Å². The summed E-state index contributed by atoms with van der Waals surface area (Å²) in [5, 5.41) is 0. The number of hydrogen-bond acceptors (Lipinski definition) is 0. The van der Waals surface area contributed by atoms with E-state index in [-0.39, 0.29) is 0 Å². The van der Waals surface area contributed by atoms with Crippen LogP contribution < -0.4 is 0 Å². The van der Waals surface area contributed by atoms with Crippen LogP contribution in [0.3, 0.4) is 0 Å². The summed E-state index contributed by atoms with van der Waals surface area (Å²) in [5.74, 6) is 0. The molecule has 0 aromatic carbocycles. The summed E-state index contributed by atoms with van der Waals surface area (Å²) in [4.78, 5) is 0. The summed E-state index contributed by atoms with van der Waals surface area (Å²) in [5.41, 5.74) is 0. The molecular weight excluding hydrogens is 225 g/mol. The summed E-state index contributed by atoms with van der Waals surface area (Å²) >= 11 is -0.556. The molecule has 0 aliphatic rings. The fraction of sp³-hybridized carbons (Fsp3) is 0. The van der Waals surface area contributed by atoms with E-state index in [1.54, 1.807) is 0 Å². The van der Waals surface area contributed by atoms with Crippen molar-refractivity contribution in [3.8, 4) is 0 Å². The van der Waals surface area contributed by atoms with Gasteiger partial charge in [0.25, 0.3) is 0 Å². The van der Waals surface area contributed by atoms with Gasteiger partial charge in [0.2, 0.25) is 0 Å². The summed E-state index contributed by atoms with van der Waals surface area (Å²) in [6.07, 6.45) is 0. The Bertz CT molecular complexity index is 12.3. The van der Waals surface area contributed by atoms with E-state index < -0.39 is 11.2 Å². The van der Waals surface area contributed by atoms with Crippen LogP contribution in [0.5, 0.6) is 0 Å². The van der Waals surface area contributed by atoms with Crippen LogP contribution in [0.25, 0.3) is 0 Å². The van der Waals surface area contributed by atoms with Crippen LogP contribution in [0.15, 0.2) is 0 Å². The van der Waals surface area contributed by atoms with Crippen molar-refractivity contribution in [1.29, 1.82) is 0 Å². The minimum atomic E-state index is -1.33. The van der Waals surface area contributed by atoms with Gasteiger partial charge in [0.1, 0.15) is 0 Å². The van der Waals surface area contributed by atoms with Crippen LogP contribution in [-0.2, 0) is 11.2 Å². The summed E-state index contributed by atoms with van der Waals surface area (Å²) in [6, 6.07) is 0. The van der Waals surface area contributed by atoms with Gasteiger partial charge in [-0.2, -0.15) is 0 Å². The summed E-state index contributed by atoms with van der Waals surface area (Å²) in [6.45, 7) is 0. The van der Waals surface area contributed by atoms with E-state index in [0.717, 1.165) is 15.4 Å². The second-order valence-electron chi connectivity index (χ2n) is 0.152. The third kappa shape index (κ3) is 34.5. The normalized spacial score (nSPS) is 8.33. The minimum absolute atomic E-state index is 0.778. The Hall–Kier alpha value is 2.21. The maximum absolute atomic E-state index is 4.89. The van der Waals surface area contributed by atoms with Gasteiger partial charge in [-0.25, -0.2) is 0 Å². The van der Waals surface area contributed by atoms with E-state index in [2.05, 4.69) is 0 Å². The van der Waals surface area contributed by atoms with Gasteiger partial charge in [0.05, 0.1) is 0 Å². The first kappa shape index (κ1) is 11.1. The van der Waals surface area contributed by atoms with Crippen molar-refractivity contribution in [3.63, 3.8) is 0 Å². The number of rotatable bonds is 0. The summed E-state index contributed by atoms with van der Waals surface area (Å²) in [7, 11) is 19.4. The predicted molar refractivity (Wildman–Crippen MR) is 32.0 cm³/mol. The third-order valence-electron chi connectivity index (χ3n) is 0. The Labute approximate surface area is 66.3 Å². The van der Waals surface area contributed by atoms with Crippen molar-refractivity contribution in [2.75, 3.05) is 0 Å². The zero-order valence-electron chi connectivity index (χ0n) is 2.87. The van der Waals surface area contributed by atoms with Crippen molar-refractivity contribution in [2.24, 2.45) is 0 Å². The zero-order chi connectivity index (χ0) is 5.58. The van der Waals surface area contributed by atoms with Crippen molar-refractivity contribution in [2.45, 2.75) is 0 Å². The van der Waals surface area contributed by atoms with Gasteiger partial charge >= 0.3 is 56.8 Å². The molecule has 0 aromatic rings. The first-order valence-corrected chi connectivity index (χ1v) is 8.36. The van der Waals surface area contributed by atoms with Gasteiger partial charge in [0, 0.05) is 0 Å². The van der Waals surface area contributed by atoms with E-state index >= 15 is 0 Å². The van der Waals surface area contributed by atoms with Gasteiger partial charge in [-0.05, 0) is 0 Å². The second kappa shape index (κ2) is 10.2. The third-order valence-corrected chi connectivity index (χ3v) is 0. The Balaban J connectivity index is 0. The Morgan fingerprint density at radius 1 is 1.00 bits per heavy atom. The predicted octanol–water partition coefficient (Wildman–Crippen LogP) is 1.84. The van der Waals surface area contributed by atoms with E-state index in [1.807, 2.05) is 0 Å². The molecule has 0 fully saturated rings. The quantitative estimate of drug-likeness (QED) is 0.553. The van der Waals surface area contributed by atoms with Crippen molar-refractivity contribution >= 4 is 55.7 Å². The van der Waals surface area contributed by atoms with Crippen molar-refractivity contribution < 1.29 is 11.2 Å². The van der Waals surface area contributed by atoms with Gasteiger partial charge in [-0.1, -0.05) is 0 Å². The van der Waals surface area contributed by atoms with Crippen LogP contribution in [-0.4, -0.2) is 15.4 Å². The number of halogens is 4. The van der Waals surface area contributed by atoms with Gasteiger partial charge in [-0.3, -0.25) is 10.0 Å². The van der Waals surface area contributed by atoms with E-state index in [4.69, 9.17) is 40.3 Å². The fourth-order valence-corrected chi connectivity index (χ4v) is 0. The molecule has 0 amide bonds. The maximum atomic E-state index is 4.89. The molecule has 0 spiro atoms. The SMILES string of the molecule is [AlH2][Cl].[Cl][Fe]([Cl])[Cl]. The average molecular weight is 227 g/mol. The monoisotopic (exact) mass is 225 g/mol. The second-order valence-corrected chi connectivity index (χ2v) is 5.62. The standard InChI is InChI=1S/Al.4ClH.Fe.2H/h;4*1H;;;/q+1;;;;;+3;;/p-4. The first-order valence-electron chi connectivity index (χ1n) is 0.779.